The van der Waals surface area contributed by atoms with E-state index >= 15 is 0 Å². The molecule has 3 rings (SSSR count). The van der Waals surface area contributed by atoms with Crippen molar-refractivity contribution in [3.05, 3.63) is 42.1 Å². The molecule has 0 amide bonds. The van der Waals surface area contributed by atoms with E-state index < -0.39 is 0 Å². The number of benzene rings is 1. The van der Waals surface area contributed by atoms with E-state index in [0.29, 0.717) is 4.83 Å². The van der Waals surface area contributed by atoms with E-state index in [1.807, 2.05) is 0 Å². The first kappa shape index (κ1) is 12.2. The lowest BCUT2D eigenvalue weighted by Crippen LogP contribution is -2.17. The summed E-state index contributed by atoms with van der Waals surface area (Å²) in [7, 11) is 0. The fourth-order valence-corrected chi connectivity index (χ4v) is 3.48. The maximum Gasteiger partial charge on any atom is 0.0705 e. The van der Waals surface area contributed by atoms with Crippen molar-refractivity contribution in [3.8, 4) is 0 Å². The zero-order chi connectivity index (χ0) is 12.4. The molecule has 1 saturated carbocycles. The van der Waals surface area contributed by atoms with E-state index in [9.17, 15) is 0 Å². The Bertz CT molecular complexity index is 533. The fourth-order valence-electron chi connectivity index (χ4n) is 2.62. The van der Waals surface area contributed by atoms with Gasteiger partial charge in [0, 0.05) is 22.3 Å². The van der Waals surface area contributed by atoms with Crippen LogP contribution < -0.4 is 0 Å². The van der Waals surface area contributed by atoms with Crippen molar-refractivity contribution in [3.63, 3.8) is 0 Å². The Morgan fingerprint density at radius 2 is 2.00 bits per heavy atom. The van der Waals surface area contributed by atoms with Crippen LogP contribution in [-0.4, -0.2) is 9.81 Å². The summed E-state index contributed by atoms with van der Waals surface area (Å²) in [5.41, 5.74) is 2.31. The van der Waals surface area contributed by atoms with Gasteiger partial charge in [0.05, 0.1) is 5.52 Å². The molecular formula is C16H18BrN. The van der Waals surface area contributed by atoms with Crippen LogP contribution in [0.2, 0.25) is 0 Å². The van der Waals surface area contributed by atoms with Crippen LogP contribution in [-0.2, 0) is 6.42 Å². The molecule has 1 aliphatic carbocycles. The molecule has 1 aliphatic rings. The first-order chi connectivity index (χ1) is 8.81. The van der Waals surface area contributed by atoms with E-state index in [2.05, 4.69) is 52.3 Å². The second-order valence-electron chi connectivity index (χ2n) is 5.33. The highest BCUT2D eigenvalue weighted by atomic mass is 79.9. The third-order valence-electron chi connectivity index (χ3n) is 3.90. The number of hydrogen-bond donors (Lipinski definition) is 0. The second kappa shape index (κ2) is 5.40. The van der Waals surface area contributed by atoms with Crippen molar-refractivity contribution in [1.29, 1.82) is 0 Å². The van der Waals surface area contributed by atoms with Gasteiger partial charge >= 0.3 is 0 Å². The van der Waals surface area contributed by atoms with Crippen molar-refractivity contribution in [1.82, 2.24) is 4.98 Å². The Hall–Kier alpha value is -0.890. The molecular weight excluding hydrogens is 286 g/mol. The third kappa shape index (κ3) is 2.74. The van der Waals surface area contributed by atoms with E-state index in [4.69, 9.17) is 4.98 Å². The smallest absolute Gasteiger partial charge is 0.0705 e. The fraction of sp³-hybridized carbons (Fsp3) is 0.438. The third-order valence-corrected chi connectivity index (χ3v) is 4.60. The summed E-state index contributed by atoms with van der Waals surface area (Å²) < 4.78 is 0. The van der Waals surface area contributed by atoms with Crippen LogP contribution in [0.4, 0.5) is 0 Å². The molecule has 94 valence electrons. The summed E-state index contributed by atoms with van der Waals surface area (Å²) in [5.74, 6) is 0.954. The number of nitrogens with zero attached hydrogens (tertiary/aromatic N) is 1. The van der Waals surface area contributed by atoms with Crippen LogP contribution in [0.15, 0.2) is 36.4 Å². The largest absolute Gasteiger partial charge is 0.253 e. The highest BCUT2D eigenvalue weighted by Gasteiger charge is 2.21. The standard InChI is InChI=1S/C16H18BrN/c17-14(10-12-4-3-5-12)11-15-9-8-13-6-1-2-7-16(13)18-15/h1-2,6-9,12,14H,3-5,10-11H2. The van der Waals surface area contributed by atoms with E-state index in [0.717, 1.165) is 17.9 Å². The van der Waals surface area contributed by atoms with Crippen LogP contribution in [0.25, 0.3) is 10.9 Å². The van der Waals surface area contributed by atoms with Gasteiger partial charge in [-0.15, -0.1) is 0 Å². The maximum absolute atomic E-state index is 4.74. The Morgan fingerprint density at radius 1 is 1.17 bits per heavy atom. The van der Waals surface area contributed by atoms with Crippen molar-refractivity contribution >= 4 is 26.8 Å². The van der Waals surface area contributed by atoms with Crippen molar-refractivity contribution in [2.75, 3.05) is 0 Å². The Kier molecular flexibility index (Phi) is 3.64. The van der Waals surface area contributed by atoms with Crippen molar-refractivity contribution in [2.24, 2.45) is 5.92 Å². The molecule has 1 heterocycles. The van der Waals surface area contributed by atoms with Gasteiger partial charge in [0.25, 0.3) is 0 Å². The van der Waals surface area contributed by atoms with E-state index in [-0.39, 0.29) is 0 Å². The molecule has 0 radical (unpaired) electrons. The predicted octanol–water partition coefficient (Wildman–Crippen LogP) is 4.73. The molecule has 18 heavy (non-hydrogen) atoms. The highest BCUT2D eigenvalue weighted by Crippen LogP contribution is 2.33. The minimum absolute atomic E-state index is 0.580. The van der Waals surface area contributed by atoms with Gasteiger partial charge in [-0.1, -0.05) is 59.5 Å². The van der Waals surface area contributed by atoms with Crippen molar-refractivity contribution < 1.29 is 0 Å². The van der Waals surface area contributed by atoms with Crippen molar-refractivity contribution in [2.45, 2.75) is 36.9 Å². The van der Waals surface area contributed by atoms with Crippen LogP contribution in [0.1, 0.15) is 31.4 Å². The molecule has 0 saturated heterocycles. The molecule has 1 aromatic carbocycles. The number of halogens is 1. The lowest BCUT2D eigenvalue weighted by molar-refractivity contribution is 0.294. The number of aromatic nitrogens is 1. The van der Waals surface area contributed by atoms with Gasteiger partial charge in [-0.3, -0.25) is 4.98 Å². The zero-order valence-corrected chi connectivity index (χ0v) is 12.1. The monoisotopic (exact) mass is 303 g/mol. The number of pyridine rings is 1. The highest BCUT2D eigenvalue weighted by molar-refractivity contribution is 9.09. The molecule has 0 N–H and O–H groups in total. The molecule has 2 heteroatoms. The summed E-state index contributed by atoms with van der Waals surface area (Å²) in [6, 6.07) is 12.7. The topological polar surface area (TPSA) is 12.9 Å². The molecule has 1 nitrogen and oxygen atoms in total. The van der Waals surface area contributed by atoms with Crippen LogP contribution in [0, 0.1) is 5.92 Å². The number of hydrogen-bond acceptors (Lipinski definition) is 1. The van der Waals surface area contributed by atoms with Crippen LogP contribution in [0.3, 0.4) is 0 Å². The van der Waals surface area contributed by atoms with Gasteiger partial charge in [0.2, 0.25) is 0 Å². The minimum atomic E-state index is 0.580. The SMILES string of the molecule is BrC(Cc1ccc2ccccc2n1)CC1CCC1. The average Bonchev–Trinajstić information content (AvgIpc) is 2.34. The summed E-state index contributed by atoms with van der Waals surface area (Å²) in [6.45, 7) is 0. The molecule has 0 spiro atoms. The molecule has 0 bridgehead atoms. The number of fused-ring (bicyclic) bond motifs is 1. The Morgan fingerprint density at radius 3 is 2.78 bits per heavy atom. The first-order valence-corrected chi connectivity index (χ1v) is 7.71. The number of para-hydroxylation sites is 1. The number of rotatable bonds is 4. The minimum Gasteiger partial charge on any atom is -0.253 e. The normalized spacial score (nSPS) is 17.6. The lowest BCUT2D eigenvalue weighted by atomic mass is 9.81. The Balaban J connectivity index is 1.69. The molecule has 1 atom stereocenters. The predicted molar refractivity (Wildman–Crippen MR) is 80.1 cm³/mol. The van der Waals surface area contributed by atoms with Gasteiger partial charge < -0.3 is 0 Å². The molecule has 2 aromatic rings. The zero-order valence-electron chi connectivity index (χ0n) is 10.5. The Labute approximate surface area is 117 Å². The quantitative estimate of drug-likeness (QED) is 0.744. The van der Waals surface area contributed by atoms with Gasteiger partial charge in [0.15, 0.2) is 0 Å². The first-order valence-electron chi connectivity index (χ1n) is 6.80. The summed E-state index contributed by atoms with van der Waals surface area (Å²) in [5, 5.41) is 1.23. The molecule has 0 aliphatic heterocycles. The van der Waals surface area contributed by atoms with Crippen LogP contribution in [0.5, 0.6) is 0 Å². The molecule has 1 aromatic heterocycles. The summed E-state index contributed by atoms with van der Waals surface area (Å²) >= 11 is 3.81. The lowest BCUT2D eigenvalue weighted by Gasteiger charge is -2.27. The van der Waals surface area contributed by atoms with Gasteiger partial charge in [-0.2, -0.15) is 0 Å². The summed E-state index contributed by atoms with van der Waals surface area (Å²) in [6.07, 6.45) is 6.62. The van der Waals surface area contributed by atoms with Gasteiger partial charge in [-0.05, 0) is 24.5 Å². The van der Waals surface area contributed by atoms with Gasteiger partial charge in [-0.25, -0.2) is 0 Å². The maximum atomic E-state index is 4.74. The van der Waals surface area contributed by atoms with E-state index in [1.165, 1.54) is 36.8 Å². The average molecular weight is 304 g/mol. The number of alkyl halides is 1. The summed E-state index contributed by atoms with van der Waals surface area (Å²) in [4.78, 5) is 5.32. The van der Waals surface area contributed by atoms with Gasteiger partial charge in [0.1, 0.15) is 0 Å². The van der Waals surface area contributed by atoms with Crippen LogP contribution >= 0.6 is 15.9 Å². The molecule has 1 fully saturated rings. The second-order valence-corrected chi connectivity index (χ2v) is 6.62. The van der Waals surface area contributed by atoms with E-state index in [1.54, 1.807) is 0 Å². The molecule has 1 unspecified atom stereocenters.